The van der Waals surface area contributed by atoms with E-state index in [1.54, 1.807) is 25.2 Å². The Hall–Kier alpha value is -1.87. The smallest absolute Gasteiger partial charge is 0.325 e. The van der Waals surface area contributed by atoms with Gasteiger partial charge in [0.15, 0.2) is 0 Å². The number of amides is 1. The number of aromatic amines is 1. The van der Waals surface area contributed by atoms with Gasteiger partial charge in [0.1, 0.15) is 17.2 Å². The van der Waals surface area contributed by atoms with Gasteiger partial charge in [0, 0.05) is 17.1 Å². The van der Waals surface area contributed by atoms with Crippen molar-refractivity contribution in [2.45, 2.75) is 57.8 Å². The van der Waals surface area contributed by atoms with Crippen LogP contribution in [0, 0.1) is 0 Å². The Kier molecular flexibility index (Phi) is 7.12. The number of ether oxygens (including phenoxy) is 1. The zero-order valence-corrected chi connectivity index (χ0v) is 17.8. The topological polar surface area (TPSA) is 101 Å². The van der Waals surface area contributed by atoms with Gasteiger partial charge >= 0.3 is 5.97 Å². The van der Waals surface area contributed by atoms with Crippen molar-refractivity contribution in [3.05, 3.63) is 26.6 Å². The molecule has 1 aliphatic rings. The van der Waals surface area contributed by atoms with Gasteiger partial charge in [-0.1, -0.05) is 0 Å². The highest BCUT2D eigenvalue weighted by Gasteiger charge is 2.19. The number of nitrogens with zero attached hydrogens (tertiary/aromatic N) is 1. The van der Waals surface area contributed by atoms with Gasteiger partial charge in [0.05, 0.1) is 17.2 Å². The number of carbonyl (C=O) groups excluding carboxylic acids is 2. The molecule has 3 rings (SSSR count). The van der Waals surface area contributed by atoms with E-state index in [-0.39, 0.29) is 24.1 Å². The second kappa shape index (κ2) is 9.56. The lowest BCUT2D eigenvalue weighted by Gasteiger charge is -2.09. The van der Waals surface area contributed by atoms with Crippen LogP contribution in [0.2, 0.25) is 0 Å². The number of nitrogens with one attached hydrogen (secondary N) is 2. The Labute approximate surface area is 171 Å². The van der Waals surface area contributed by atoms with Crippen molar-refractivity contribution in [2.24, 2.45) is 0 Å². The molecule has 1 amide bonds. The van der Waals surface area contributed by atoms with Gasteiger partial charge in [-0.05, 0) is 45.1 Å². The van der Waals surface area contributed by atoms with Crippen molar-refractivity contribution in [2.75, 3.05) is 12.3 Å². The molecule has 2 aromatic heterocycles. The molecule has 28 heavy (non-hydrogen) atoms. The van der Waals surface area contributed by atoms with Crippen LogP contribution in [0.4, 0.5) is 0 Å². The third-order valence-electron chi connectivity index (χ3n) is 4.38. The lowest BCUT2D eigenvalue weighted by molar-refractivity contribution is -0.147. The lowest BCUT2D eigenvalue weighted by Crippen LogP contribution is -2.31. The van der Waals surface area contributed by atoms with Crippen LogP contribution in [0.25, 0.3) is 10.2 Å². The van der Waals surface area contributed by atoms with Crippen molar-refractivity contribution in [3.8, 4) is 0 Å². The van der Waals surface area contributed by atoms with Crippen LogP contribution in [0.3, 0.4) is 0 Å². The van der Waals surface area contributed by atoms with E-state index in [1.807, 2.05) is 0 Å². The first-order valence-corrected chi connectivity index (χ1v) is 11.5. The molecule has 0 radical (unpaired) electrons. The summed E-state index contributed by atoms with van der Waals surface area (Å²) in [5, 5.41) is 3.31. The zero-order chi connectivity index (χ0) is 20.1. The average molecular weight is 424 g/mol. The third-order valence-corrected chi connectivity index (χ3v) is 6.54. The van der Waals surface area contributed by atoms with Crippen LogP contribution in [-0.2, 0) is 32.9 Å². The van der Waals surface area contributed by atoms with Crippen LogP contribution in [0.15, 0.2) is 4.79 Å². The molecular weight excluding hydrogens is 398 g/mol. The Balaban J connectivity index is 1.47. The monoisotopic (exact) mass is 423 g/mol. The third kappa shape index (κ3) is 5.35. The van der Waals surface area contributed by atoms with Crippen LogP contribution >= 0.6 is 23.1 Å². The second-order valence-corrected chi connectivity index (χ2v) is 9.21. The molecule has 0 unspecified atom stereocenters. The number of rotatable bonds is 8. The number of aryl methyl sites for hydroxylation is 2. The molecule has 0 saturated heterocycles. The van der Waals surface area contributed by atoms with Gasteiger partial charge in [0.25, 0.3) is 5.56 Å². The highest BCUT2D eigenvalue weighted by molar-refractivity contribution is 7.98. The summed E-state index contributed by atoms with van der Waals surface area (Å²) in [4.78, 5) is 45.3. The van der Waals surface area contributed by atoms with Crippen molar-refractivity contribution >= 4 is 45.2 Å². The summed E-state index contributed by atoms with van der Waals surface area (Å²) in [6, 6.07) is 0. The minimum atomic E-state index is -0.440. The summed E-state index contributed by atoms with van der Waals surface area (Å²) in [5.41, 5.74) is 1.13. The molecule has 9 heteroatoms. The zero-order valence-electron chi connectivity index (χ0n) is 16.1. The molecular formula is C19H25N3O4S2. The first-order chi connectivity index (χ1) is 13.4. The van der Waals surface area contributed by atoms with Crippen LogP contribution in [0.1, 0.15) is 49.4 Å². The van der Waals surface area contributed by atoms with Gasteiger partial charge in [-0.15, -0.1) is 11.3 Å². The van der Waals surface area contributed by atoms with Gasteiger partial charge < -0.3 is 15.0 Å². The molecule has 2 aromatic rings. The van der Waals surface area contributed by atoms with E-state index >= 15 is 0 Å². The number of hydrogen-bond donors (Lipinski definition) is 2. The fourth-order valence-electron chi connectivity index (χ4n) is 3.17. The Morgan fingerprint density at radius 3 is 2.89 bits per heavy atom. The molecule has 2 N–H and O–H groups in total. The van der Waals surface area contributed by atoms with E-state index in [0.717, 1.165) is 29.5 Å². The van der Waals surface area contributed by atoms with E-state index < -0.39 is 5.97 Å². The number of hydrogen-bond acceptors (Lipinski definition) is 7. The molecule has 7 nitrogen and oxygen atoms in total. The second-order valence-electron chi connectivity index (χ2n) is 7.02. The van der Waals surface area contributed by atoms with E-state index in [0.29, 0.717) is 23.8 Å². The fourth-order valence-corrected chi connectivity index (χ4v) is 5.26. The SMILES string of the molecule is CC(C)OC(=O)CNC(=O)CCSCc1nc2sc3c(c2c(=O)[nH]1)CCCC3. The maximum Gasteiger partial charge on any atom is 0.325 e. The predicted octanol–water partition coefficient (Wildman–Crippen LogP) is 2.55. The summed E-state index contributed by atoms with van der Waals surface area (Å²) >= 11 is 3.16. The first kappa shape index (κ1) is 20.9. The van der Waals surface area contributed by atoms with Gasteiger partial charge in [-0.25, -0.2) is 4.98 Å². The number of H-pyrrole nitrogens is 1. The summed E-state index contributed by atoms with van der Waals surface area (Å²) in [6.07, 6.45) is 4.42. The quantitative estimate of drug-likeness (QED) is 0.500. The predicted molar refractivity (Wildman–Crippen MR) is 112 cm³/mol. The minimum absolute atomic E-state index is 0.0543. The van der Waals surface area contributed by atoms with E-state index in [2.05, 4.69) is 15.3 Å². The Morgan fingerprint density at radius 1 is 1.32 bits per heavy atom. The lowest BCUT2D eigenvalue weighted by atomic mass is 9.97. The summed E-state index contributed by atoms with van der Waals surface area (Å²) in [7, 11) is 0. The summed E-state index contributed by atoms with van der Waals surface area (Å²) < 4.78 is 4.96. The minimum Gasteiger partial charge on any atom is -0.462 e. The number of aromatic nitrogens is 2. The van der Waals surface area contributed by atoms with Gasteiger partial charge in [-0.3, -0.25) is 14.4 Å². The molecule has 0 fully saturated rings. The number of thioether (sulfide) groups is 1. The standard InChI is InChI=1S/C19H25N3O4S2/c1-11(2)26-16(24)9-20-15(23)7-8-27-10-14-21-18(25)17-12-5-3-4-6-13(12)28-19(17)22-14/h11H,3-10H2,1-2H3,(H,20,23)(H,21,22,25). The molecule has 0 spiro atoms. The molecule has 0 aliphatic heterocycles. The number of esters is 1. The molecule has 0 bridgehead atoms. The van der Waals surface area contributed by atoms with E-state index in [1.165, 1.54) is 28.6 Å². The number of carbonyl (C=O) groups is 2. The highest BCUT2D eigenvalue weighted by Crippen LogP contribution is 2.33. The Bertz CT molecular complexity index is 920. The largest absolute Gasteiger partial charge is 0.462 e. The number of thiophene rings is 1. The molecule has 2 heterocycles. The summed E-state index contributed by atoms with van der Waals surface area (Å²) in [6.45, 7) is 3.41. The normalized spacial score (nSPS) is 13.5. The number of fused-ring (bicyclic) bond motifs is 3. The van der Waals surface area contributed by atoms with E-state index in [9.17, 15) is 14.4 Å². The molecule has 0 saturated carbocycles. The van der Waals surface area contributed by atoms with Gasteiger partial charge in [0.2, 0.25) is 5.91 Å². The van der Waals surface area contributed by atoms with Crippen LogP contribution < -0.4 is 10.9 Å². The fraction of sp³-hybridized carbons (Fsp3) is 0.579. The Morgan fingerprint density at radius 2 is 2.11 bits per heavy atom. The van der Waals surface area contributed by atoms with E-state index in [4.69, 9.17) is 4.74 Å². The van der Waals surface area contributed by atoms with Crippen molar-refractivity contribution in [1.82, 2.24) is 15.3 Å². The van der Waals surface area contributed by atoms with Crippen molar-refractivity contribution in [1.29, 1.82) is 0 Å². The molecule has 1 aliphatic carbocycles. The van der Waals surface area contributed by atoms with Crippen LogP contribution in [-0.4, -0.2) is 40.2 Å². The highest BCUT2D eigenvalue weighted by atomic mass is 32.2. The molecule has 0 atom stereocenters. The van der Waals surface area contributed by atoms with Crippen LogP contribution in [0.5, 0.6) is 0 Å². The van der Waals surface area contributed by atoms with Crippen molar-refractivity contribution < 1.29 is 14.3 Å². The maximum absolute atomic E-state index is 12.5. The first-order valence-electron chi connectivity index (χ1n) is 9.51. The van der Waals surface area contributed by atoms with Gasteiger partial charge in [-0.2, -0.15) is 11.8 Å². The molecule has 152 valence electrons. The summed E-state index contributed by atoms with van der Waals surface area (Å²) in [5.74, 6) is 1.12. The average Bonchev–Trinajstić information content (AvgIpc) is 3.02. The molecule has 0 aromatic carbocycles. The maximum atomic E-state index is 12.5. The van der Waals surface area contributed by atoms with Crippen molar-refractivity contribution in [3.63, 3.8) is 0 Å².